The maximum atomic E-state index is 6.17. The average Bonchev–Trinajstić information content (AvgIpc) is 2.73. The highest BCUT2D eigenvalue weighted by atomic mass is 16.5. The molecule has 3 heteroatoms. The molecule has 1 N–H and O–H groups in total. The van der Waals surface area contributed by atoms with Gasteiger partial charge in [0.15, 0.2) is 0 Å². The fourth-order valence-electron chi connectivity index (χ4n) is 4.04. The number of ether oxygens (including phenoxy) is 2. The first-order chi connectivity index (χ1) is 9.83. The zero-order chi connectivity index (χ0) is 14.3. The smallest absolute Gasteiger partial charge is 0.0704 e. The molecule has 0 aromatic carbocycles. The molecule has 3 nitrogen and oxygen atoms in total. The van der Waals surface area contributed by atoms with E-state index in [0.29, 0.717) is 17.6 Å². The van der Waals surface area contributed by atoms with Gasteiger partial charge in [-0.25, -0.2) is 0 Å². The van der Waals surface area contributed by atoms with E-state index in [1.807, 2.05) is 0 Å². The second kappa shape index (κ2) is 8.35. The Labute approximate surface area is 124 Å². The van der Waals surface area contributed by atoms with Crippen LogP contribution in [0.2, 0.25) is 0 Å². The van der Waals surface area contributed by atoms with Gasteiger partial charge in [-0.05, 0) is 32.7 Å². The van der Waals surface area contributed by atoms with Crippen molar-refractivity contribution in [1.29, 1.82) is 0 Å². The molecule has 2 aliphatic carbocycles. The normalized spacial score (nSPS) is 29.1. The molecule has 0 aliphatic heterocycles. The molecule has 2 aliphatic rings. The molecule has 0 radical (unpaired) electrons. The fourth-order valence-corrected chi connectivity index (χ4v) is 4.04. The van der Waals surface area contributed by atoms with Crippen LogP contribution in [0, 0.1) is 5.41 Å². The molecular weight excluding hydrogens is 250 g/mol. The quantitative estimate of drug-likeness (QED) is 0.691. The van der Waals surface area contributed by atoms with Crippen molar-refractivity contribution >= 4 is 0 Å². The summed E-state index contributed by atoms with van der Waals surface area (Å²) < 4.78 is 11.8. The van der Waals surface area contributed by atoms with Gasteiger partial charge < -0.3 is 14.8 Å². The Bertz CT molecular complexity index is 262. The molecular formula is C17H33NO2. The van der Waals surface area contributed by atoms with Crippen LogP contribution < -0.4 is 5.32 Å². The molecule has 2 rings (SSSR count). The van der Waals surface area contributed by atoms with Crippen LogP contribution in [0.4, 0.5) is 0 Å². The lowest BCUT2D eigenvalue weighted by Crippen LogP contribution is -2.63. The minimum absolute atomic E-state index is 0.425. The van der Waals surface area contributed by atoms with E-state index in [1.165, 1.54) is 51.4 Å². The Kier molecular flexibility index (Phi) is 6.79. The number of unbranched alkanes of at least 4 members (excludes halogenated alkanes) is 1. The number of hydrogen-bond acceptors (Lipinski definition) is 3. The van der Waals surface area contributed by atoms with E-state index in [9.17, 15) is 0 Å². The zero-order valence-corrected chi connectivity index (χ0v) is 13.5. The largest absolute Gasteiger partial charge is 0.379 e. The van der Waals surface area contributed by atoms with Crippen molar-refractivity contribution in [2.75, 3.05) is 26.9 Å². The van der Waals surface area contributed by atoms with Gasteiger partial charge in [0, 0.05) is 18.1 Å². The van der Waals surface area contributed by atoms with Gasteiger partial charge in [-0.3, -0.25) is 0 Å². The van der Waals surface area contributed by atoms with Gasteiger partial charge in [-0.15, -0.1) is 0 Å². The number of rotatable bonds is 8. The van der Waals surface area contributed by atoms with Gasteiger partial charge in [0.1, 0.15) is 0 Å². The topological polar surface area (TPSA) is 30.5 Å². The summed E-state index contributed by atoms with van der Waals surface area (Å²) in [6.07, 6.45) is 12.3. The van der Waals surface area contributed by atoms with Crippen LogP contribution >= 0.6 is 0 Å². The Morgan fingerprint density at radius 1 is 1.05 bits per heavy atom. The molecule has 20 heavy (non-hydrogen) atoms. The molecule has 0 saturated heterocycles. The van der Waals surface area contributed by atoms with Gasteiger partial charge in [-0.2, -0.15) is 0 Å². The molecule has 2 atom stereocenters. The van der Waals surface area contributed by atoms with E-state index in [0.717, 1.165) is 26.2 Å². The van der Waals surface area contributed by atoms with Gasteiger partial charge in [0.2, 0.25) is 0 Å². The first-order valence-corrected chi connectivity index (χ1v) is 8.70. The van der Waals surface area contributed by atoms with E-state index >= 15 is 0 Å². The minimum Gasteiger partial charge on any atom is -0.379 e. The van der Waals surface area contributed by atoms with Crippen molar-refractivity contribution in [3.63, 3.8) is 0 Å². The fraction of sp³-hybridized carbons (Fsp3) is 1.00. The molecule has 2 fully saturated rings. The highest BCUT2D eigenvalue weighted by Gasteiger charge is 2.54. The van der Waals surface area contributed by atoms with E-state index in [4.69, 9.17) is 9.47 Å². The van der Waals surface area contributed by atoms with Crippen LogP contribution in [0.1, 0.15) is 64.7 Å². The van der Waals surface area contributed by atoms with E-state index in [-0.39, 0.29) is 0 Å². The predicted octanol–water partition coefficient (Wildman–Crippen LogP) is 3.52. The summed E-state index contributed by atoms with van der Waals surface area (Å²) in [5, 5.41) is 3.53. The van der Waals surface area contributed by atoms with Crippen molar-refractivity contribution in [1.82, 2.24) is 5.32 Å². The van der Waals surface area contributed by atoms with Crippen molar-refractivity contribution in [3.8, 4) is 0 Å². The van der Waals surface area contributed by atoms with Crippen LogP contribution in [0.15, 0.2) is 0 Å². The second-order valence-electron chi connectivity index (χ2n) is 6.55. The highest BCUT2D eigenvalue weighted by Crippen LogP contribution is 2.52. The minimum atomic E-state index is 0.425. The van der Waals surface area contributed by atoms with Crippen LogP contribution in [-0.4, -0.2) is 39.0 Å². The Morgan fingerprint density at radius 3 is 2.45 bits per heavy atom. The van der Waals surface area contributed by atoms with Crippen LogP contribution in [0.3, 0.4) is 0 Å². The predicted molar refractivity (Wildman–Crippen MR) is 83.1 cm³/mol. The summed E-state index contributed by atoms with van der Waals surface area (Å²) in [6, 6.07) is 0.673. The van der Waals surface area contributed by atoms with Gasteiger partial charge in [0.25, 0.3) is 0 Å². The molecule has 0 aromatic rings. The average molecular weight is 283 g/mol. The van der Waals surface area contributed by atoms with Crippen LogP contribution in [0.25, 0.3) is 0 Å². The molecule has 0 bridgehead atoms. The molecule has 2 saturated carbocycles. The lowest BCUT2D eigenvalue weighted by molar-refractivity contribution is -0.149. The van der Waals surface area contributed by atoms with Crippen molar-refractivity contribution < 1.29 is 9.47 Å². The standard InChI is InChI=1S/C17H33NO2/c1-3-4-11-19-12-13-20-16-14-15(18-2)17(16)9-7-5-6-8-10-17/h15-16,18H,3-14H2,1-2H3. The molecule has 0 amide bonds. The Morgan fingerprint density at radius 2 is 1.80 bits per heavy atom. The number of hydrogen-bond donors (Lipinski definition) is 1. The monoisotopic (exact) mass is 283 g/mol. The number of nitrogens with one attached hydrogen (secondary N) is 1. The maximum Gasteiger partial charge on any atom is 0.0704 e. The second-order valence-corrected chi connectivity index (χ2v) is 6.55. The summed E-state index contributed by atoms with van der Waals surface area (Å²) in [6.45, 7) is 4.61. The summed E-state index contributed by atoms with van der Waals surface area (Å²) in [5.74, 6) is 0. The molecule has 0 heterocycles. The lowest BCUT2D eigenvalue weighted by Gasteiger charge is -2.56. The van der Waals surface area contributed by atoms with Crippen molar-refractivity contribution in [3.05, 3.63) is 0 Å². The van der Waals surface area contributed by atoms with Crippen molar-refractivity contribution in [2.24, 2.45) is 5.41 Å². The Hall–Kier alpha value is -0.120. The van der Waals surface area contributed by atoms with Crippen LogP contribution in [-0.2, 0) is 9.47 Å². The highest BCUT2D eigenvalue weighted by molar-refractivity contribution is 5.07. The molecule has 1 spiro atoms. The molecule has 118 valence electrons. The first-order valence-electron chi connectivity index (χ1n) is 8.70. The van der Waals surface area contributed by atoms with Gasteiger partial charge in [-0.1, -0.05) is 39.0 Å². The third kappa shape index (κ3) is 3.75. The van der Waals surface area contributed by atoms with E-state index in [2.05, 4.69) is 19.3 Å². The maximum absolute atomic E-state index is 6.17. The zero-order valence-electron chi connectivity index (χ0n) is 13.5. The molecule has 2 unspecified atom stereocenters. The van der Waals surface area contributed by atoms with E-state index in [1.54, 1.807) is 0 Å². The van der Waals surface area contributed by atoms with Gasteiger partial charge >= 0.3 is 0 Å². The third-order valence-electron chi connectivity index (χ3n) is 5.36. The summed E-state index contributed by atoms with van der Waals surface area (Å²) in [7, 11) is 2.11. The van der Waals surface area contributed by atoms with Crippen molar-refractivity contribution in [2.45, 2.75) is 76.9 Å². The molecule has 0 aromatic heterocycles. The van der Waals surface area contributed by atoms with Crippen LogP contribution in [0.5, 0.6) is 0 Å². The SMILES string of the molecule is CCCCOCCOC1CC(NC)C12CCCCCC2. The summed E-state index contributed by atoms with van der Waals surface area (Å²) in [4.78, 5) is 0. The lowest BCUT2D eigenvalue weighted by atomic mass is 9.58. The summed E-state index contributed by atoms with van der Waals surface area (Å²) >= 11 is 0. The van der Waals surface area contributed by atoms with E-state index < -0.39 is 0 Å². The third-order valence-corrected chi connectivity index (χ3v) is 5.36. The van der Waals surface area contributed by atoms with Gasteiger partial charge in [0.05, 0.1) is 19.3 Å². The Balaban J connectivity index is 1.73. The first kappa shape index (κ1) is 16.3. The summed E-state index contributed by atoms with van der Waals surface area (Å²) in [5.41, 5.74) is 0.425.